The van der Waals surface area contributed by atoms with E-state index in [-0.39, 0.29) is 27.9 Å². The molecule has 0 amide bonds. The zero-order valence-corrected chi connectivity index (χ0v) is 19.5. The highest BCUT2D eigenvalue weighted by molar-refractivity contribution is 9.11. The highest BCUT2D eigenvalue weighted by atomic mass is 79.9. The van der Waals surface area contributed by atoms with Gasteiger partial charge in [-0.15, -0.1) is 0 Å². The van der Waals surface area contributed by atoms with E-state index >= 15 is 0 Å². The van der Waals surface area contributed by atoms with Crippen LogP contribution in [-0.4, -0.2) is 38.3 Å². The zero-order valence-electron chi connectivity index (χ0n) is 15.5. The van der Waals surface area contributed by atoms with Crippen LogP contribution in [0, 0.1) is 20.2 Å². The first-order valence-corrected chi connectivity index (χ1v) is 9.40. The van der Waals surface area contributed by atoms with Crippen LogP contribution >= 0.6 is 43.5 Å². The molecule has 0 saturated heterocycles. The van der Waals surface area contributed by atoms with Crippen LogP contribution in [0.25, 0.3) is 0 Å². The molecule has 0 spiro atoms. The topological polar surface area (TPSA) is 123 Å². The van der Waals surface area contributed by atoms with Gasteiger partial charge in [0.2, 0.25) is 11.5 Å². The van der Waals surface area contributed by atoms with Crippen LogP contribution in [0.3, 0.4) is 0 Å². The first-order chi connectivity index (χ1) is 13.6. The zero-order chi connectivity index (χ0) is 22.3. The van der Waals surface area contributed by atoms with Crippen molar-refractivity contribution in [2.45, 2.75) is 0 Å². The normalized spacial score (nSPS) is 9.76. The number of hydrogen-bond acceptors (Lipinski definition) is 8. The Balaban J connectivity index is 0.000000291. The summed E-state index contributed by atoms with van der Waals surface area (Å²) in [7, 11) is 5.57. The van der Waals surface area contributed by atoms with Crippen molar-refractivity contribution in [2.24, 2.45) is 0 Å². The van der Waals surface area contributed by atoms with E-state index in [1.54, 1.807) is 0 Å². The van der Waals surface area contributed by atoms with E-state index in [2.05, 4.69) is 31.9 Å². The van der Waals surface area contributed by atoms with Crippen LogP contribution in [0.4, 0.5) is 11.4 Å². The van der Waals surface area contributed by atoms with Gasteiger partial charge < -0.3 is 18.9 Å². The molecule has 0 radical (unpaired) electrons. The fourth-order valence-electron chi connectivity index (χ4n) is 2.11. The molecule has 0 aliphatic rings. The Morgan fingerprint density at radius 1 is 0.828 bits per heavy atom. The lowest BCUT2D eigenvalue weighted by molar-refractivity contribution is -0.386. The average molecular weight is 559 g/mol. The molecule has 2 rings (SSSR count). The minimum atomic E-state index is -0.565. The number of rotatable bonds is 6. The van der Waals surface area contributed by atoms with Crippen LogP contribution in [0.5, 0.6) is 23.0 Å². The fraction of sp³-hybridized carbons (Fsp3) is 0.250. The monoisotopic (exact) mass is 556 g/mol. The number of nitro groups is 2. The van der Waals surface area contributed by atoms with E-state index in [4.69, 9.17) is 30.5 Å². The van der Waals surface area contributed by atoms with Gasteiger partial charge >= 0.3 is 11.4 Å². The van der Waals surface area contributed by atoms with Crippen LogP contribution < -0.4 is 18.9 Å². The maximum absolute atomic E-state index is 10.7. The van der Waals surface area contributed by atoms with Crippen molar-refractivity contribution in [3.05, 3.63) is 52.4 Å². The molecule has 0 bridgehead atoms. The van der Waals surface area contributed by atoms with Crippen molar-refractivity contribution < 1.29 is 28.8 Å². The van der Waals surface area contributed by atoms with Gasteiger partial charge in [-0.1, -0.05) is 11.6 Å². The number of halogens is 3. The van der Waals surface area contributed by atoms with E-state index in [9.17, 15) is 20.2 Å². The van der Waals surface area contributed by atoms with Gasteiger partial charge in [-0.2, -0.15) is 0 Å². The van der Waals surface area contributed by atoms with Gasteiger partial charge in [-0.05, 0) is 37.9 Å². The van der Waals surface area contributed by atoms with Gasteiger partial charge in [0, 0.05) is 12.1 Å². The van der Waals surface area contributed by atoms with Gasteiger partial charge in [-0.3, -0.25) is 20.2 Å². The SMILES string of the molecule is COc1c(Br)cc([N+](=O)[O-])c(OC)c1Br.COc1ccc([N+](=O)[O-])c(OC)c1Cl. The molecule has 2 aromatic rings. The standard InChI is InChI=1S/C8H7Br2NO4.C8H8ClNO4/c1-14-7-4(9)3-5(11(12)13)8(15-2)6(7)10;1-13-6-4-3-5(10(11)12)8(14-2)7(6)9/h3H,1-2H3;3-4H,1-2H3. The van der Waals surface area contributed by atoms with Crippen molar-refractivity contribution in [1.29, 1.82) is 0 Å². The first kappa shape index (κ1) is 24.7. The summed E-state index contributed by atoms with van der Waals surface area (Å²) in [5, 5.41) is 21.4. The predicted molar refractivity (Wildman–Crippen MR) is 113 cm³/mol. The molecule has 158 valence electrons. The molecule has 0 aliphatic heterocycles. The molecule has 0 heterocycles. The summed E-state index contributed by atoms with van der Waals surface area (Å²) in [6.45, 7) is 0. The molecule has 2 aromatic carbocycles. The Kier molecular flexibility index (Phi) is 9.40. The summed E-state index contributed by atoms with van der Waals surface area (Å²) in [6.07, 6.45) is 0. The second kappa shape index (κ2) is 11.0. The van der Waals surface area contributed by atoms with Crippen LogP contribution in [0.1, 0.15) is 0 Å². The van der Waals surface area contributed by atoms with Crippen LogP contribution in [0.2, 0.25) is 5.02 Å². The lowest BCUT2D eigenvalue weighted by atomic mass is 10.3. The predicted octanol–water partition coefficient (Wildman–Crippen LogP) is 5.40. The molecule has 29 heavy (non-hydrogen) atoms. The van der Waals surface area contributed by atoms with Crippen molar-refractivity contribution >= 4 is 54.8 Å². The molecule has 0 N–H and O–H groups in total. The number of methoxy groups -OCH3 is 4. The van der Waals surface area contributed by atoms with Crippen molar-refractivity contribution in [2.75, 3.05) is 28.4 Å². The number of hydrogen-bond donors (Lipinski definition) is 0. The van der Waals surface area contributed by atoms with E-state index in [0.29, 0.717) is 20.4 Å². The van der Waals surface area contributed by atoms with Gasteiger partial charge in [-0.25, -0.2) is 0 Å². The third-order valence-corrected chi connectivity index (χ3v) is 5.05. The van der Waals surface area contributed by atoms with Crippen molar-refractivity contribution in [3.8, 4) is 23.0 Å². The highest BCUT2D eigenvalue weighted by Crippen LogP contribution is 2.45. The summed E-state index contributed by atoms with van der Waals surface area (Å²) in [4.78, 5) is 20.2. The molecular formula is C16H15Br2ClN2O8. The van der Waals surface area contributed by atoms with Crippen molar-refractivity contribution in [1.82, 2.24) is 0 Å². The number of nitrogens with zero attached hydrogens (tertiary/aromatic N) is 2. The summed E-state index contributed by atoms with van der Waals surface area (Å²) in [5.41, 5.74) is -0.310. The molecule has 0 fully saturated rings. The molecule has 0 unspecified atom stereocenters. The summed E-state index contributed by atoms with van der Waals surface area (Å²) >= 11 is 12.2. The largest absolute Gasteiger partial charge is 0.495 e. The number of nitro benzene ring substituents is 2. The second-order valence-corrected chi connectivity index (χ2v) is 6.93. The van der Waals surface area contributed by atoms with E-state index in [1.165, 1.54) is 46.6 Å². The maximum Gasteiger partial charge on any atom is 0.313 e. The molecule has 0 atom stereocenters. The third-order valence-electron chi connectivity index (χ3n) is 3.38. The first-order valence-electron chi connectivity index (χ1n) is 7.43. The van der Waals surface area contributed by atoms with Crippen LogP contribution in [0.15, 0.2) is 27.1 Å². The molecule has 0 aromatic heterocycles. The van der Waals surface area contributed by atoms with Gasteiger partial charge in [0.05, 0.1) is 42.8 Å². The Bertz CT molecular complexity index is 927. The van der Waals surface area contributed by atoms with Crippen molar-refractivity contribution in [3.63, 3.8) is 0 Å². The quantitative estimate of drug-likeness (QED) is 0.341. The Morgan fingerprint density at radius 3 is 1.76 bits per heavy atom. The highest BCUT2D eigenvalue weighted by Gasteiger charge is 2.24. The van der Waals surface area contributed by atoms with Gasteiger partial charge in [0.1, 0.15) is 15.2 Å². The Labute approximate surface area is 187 Å². The summed E-state index contributed by atoms with van der Waals surface area (Å²) < 4.78 is 20.6. The molecule has 10 nitrogen and oxygen atoms in total. The lowest BCUT2D eigenvalue weighted by Gasteiger charge is -2.10. The smallest absolute Gasteiger partial charge is 0.313 e. The fourth-order valence-corrected chi connectivity index (χ4v) is 4.01. The molecule has 0 aliphatic carbocycles. The van der Waals surface area contributed by atoms with E-state index in [0.717, 1.165) is 0 Å². The summed E-state index contributed by atoms with van der Waals surface area (Å²) in [6, 6.07) is 4.04. The molecular weight excluding hydrogens is 543 g/mol. The Morgan fingerprint density at radius 2 is 1.34 bits per heavy atom. The third kappa shape index (κ3) is 5.61. The van der Waals surface area contributed by atoms with Gasteiger partial charge in [0.15, 0.2) is 5.75 Å². The maximum atomic E-state index is 10.7. The van der Waals surface area contributed by atoms with Gasteiger partial charge in [0.25, 0.3) is 0 Å². The lowest BCUT2D eigenvalue weighted by Crippen LogP contribution is -1.97. The second-order valence-electron chi connectivity index (χ2n) is 4.91. The Hall–Kier alpha value is -2.31. The average Bonchev–Trinajstić information content (AvgIpc) is 2.67. The van der Waals surface area contributed by atoms with E-state index < -0.39 is 9.85 Å². The number of benzene rings is 2. The molecule has 13 heteroatoms. The minimum absolute atomic E-state index is 0.0102. The molecule has 0 saturated carbocycles. The summed E-state index contributed by atoms with van der Waals surface area (Å²) in [5.74, 6) is 0.947. The minimum Gasteiger partial charge on any atom is -0.495 e. The number of ether oxygens (including phenoxy) is 4. The van der Waals surface area contributed by atoms with Crippen LogP contribution in [-0.2, 0) is 0 Å². The van der Waals surface area contributed by atoms with E-state index in [1.807, 2.05) is 0 Å².